The van der Waals surface area contributed by atoms with Crippen molar-refractivity contribution in [1.29, 1.82) is 0 Å². The van der Waals surface area contributed by atoms with Crippen molar-refractivity contribution in [3.05, 3.63) is 77.6 Å². The van der Waals surface area contributed by atoms with Crippen molar-refractivity contribution in [1.82, 2.24) is 9.97 Å². The number of halogens is 5. The van der Waals surface area contributed by atoms with Crippen LogP contribution in [0.4, 0.5) is 27.9 Å². The second-order valence-corrected chi connectivity index (χ2v) is 5.39. The second-order valence-electron chi connectivity index (χ2n) is 5.39. The van der Waals surface area contributed by atoms with Crippen LogP contribution >= 0.6 is 0 Å². The molecule has 9 heteroatoms. The molecule has 0 aliphatic heterocycles. The molecule has 4 nitrogen and oxygen atoms in total. The maximum Gasteiger partial charge on any atom is 0.419 e. The summed E-state index contributed by atoms with van der Waals surface area (Å²) in [7, 11) is 0. The highest BCUT2D eigenvalue weighted by Gasteiger charge is 2.34. The van der Waals surface area contributed by atoms with E-state index >= 15 is 0 Å². The number of alkyl halides is 3. The maximum absolute atomic E-state index is 13.6. The summed E-state index contributed by atoms with van der Waals surface area (Å²) in [5, 5.41) is 2.63. The first kappa shape index (κ1) is 18.6. The Hall–Kier alpha value is -3.23. The van der Waals surface area contributed by atoms with Gasteiger partial charge < -0.3 is 10.1 Å². The van der Waals surface area contributed by atoms with Gasteiger partial charge in [0.05, 0.1) is 18.0 Å². The molecule has 0 amide bonds. The lowest BCUT2D eigenvalue weighted by atomic mass is 10.2. The quantitative estimate of drug-likeness (QED) is 0.619. The fourth-order valence-corrected chi connectivity index (χ4v) is 2.25. The number of hydrogen-bond donors (Lipinski definition) is 1. The normalized spacial score (nSPS) is 11.3. The van der Waals surface area contributed by atoms with Crippen molar-refractivity contribution in [2.45, 2.75) is 12.7 Å². The Morgan fingerprint density at radius 2 is 1.52 bits per heavy atom. The van der Waals surface area contributed by atoms with E-state index in [0.717, 1.165) is 30.6 Å². The molecule has 0 saturated heterocycles. The smallest absolute Gasteiger partial charge is 0.419 e. The zero-order valence-corrected chi connectivity index (χ0v) is 13.6. The van der Waals surface area contributed by atoms with Crippen molar-refractivity contribution in [3.8, 4) is 11.5 Å². The van der Waals surface area contributed by atoms with Gasteiger partial charge in [0.25, 0.3) is 0 Å². The monoisotopic (exact) mass is 381 g/mol. The van der Waals surface area contributed by atoms with Gasteiger partial charge in [-0.3, -0.25) is 0 Å². The Labute approximate surface area is 150 Å². The molecule has 3 aromatic rings. The third-order valence-corrected chi connectivity index (χ3v) is 3.53. The Morgan fingerprint density at radius 1 is 0.889 bits per heavy atom. The largest absolute Gasteiger partial charge is 0.453 e. The Morgan fingerprint density at radius 3 is 2.15 bits per heavy atom. The third kappa shape index (κ3) is 4.49. The predicted molar refractivity (Wildman–Crippen MR) is 87.2 cm³/mol. The summed E-state index contributed by atoms with van der Waals surface area (Å²) in [5.41, 5.74) is -1.11. The fraction of sp³-hybridized carbons (Fsp3) is 0.111. The first-order chi connectivity index (χ1) is 12.8. The molecule has 1 aromatic heterocycles. The number of ether oxygens (including phenoxy) is 1. The highest BCUT2D eigenvalue weighted by molar-refractivity contribution is 5.39. The van der Waals surface area contributed by atoms with E-state index in [1.165, 1.54) is 24.3 Å². The van der Waals surface area contributed by atoms with E-state index in [0.29, 0.717) is 0 Å². The maximum atomic E-state index is 13.6. The van der Waals surface area contributed by atoms with Crippen molar-refractivity contribution in [3.63, 3.8) is 0 Å². The van der Waals surface area contributed by atoms with Gasteiger partial charge in [-0.05, 0) is 24.3 Å². The molecule has 0 unspecified atom stereocenters. The minimum atomic E-state index is -4.57. The van der Waals surface area contributed by atoms with Crippen LogP contribution in [0.2, 0.25) is 0 Å². The van der Waals surface area contributed by atoms with Crippen molar-refractivity contribution in [2.75, 3.05) is 5.32 Å². The number of nitrogens with zero attached hydrogens (tertiary/aromatic N) is 2. The van der Waals surface area contributed by atoms with Crippen molar-refractivity contribution >= 4 is 5.95 Å². The van der Waals surface area contributed by atoms with Crippen LogP contribution in [0.15, 0.2) is 54.9 Å². The topological polar surface area (TPSA) is 47.0 Å². The third-order valence-electron chi connectivity index (χ3n) is 3.53. The molecular weight excluding hydrogens is 369 g/mol. The van der Waals surface area contributed by atoms with Crippen molar-refractivity contribution in [2.24, 2.45) is 0 Å². The molecule has 0 aliphatic rings. The first-order valence-electron chi connectivity index (χ1n) is 7.67. The highest BCUT2D eigenvalue weighted by atomic mass is 19.4. The van der Waals surface area contributed by atoms with E-state index in [1.54, 1.807) is 0 Å². The lowest BCUT2D eigenvalue weighted by Crippen LogP contribution is -2.08. The van der Waals surface area contributed by atoms with Gasteiger partial charge in [0.1, 0.15) is 17.4 Å². The van der Waals surface area contributed by atoms with E-state index in [1.807, 2.05) is 0 Å². The van der Waals surface area contributed by atoms with Crippen LogP contribution < -0.4 is 10.1 Å². The van der Waals surface area contributed by atoms with Crippen LogP contribution in [0.3, 0.4) is 0 Å². The van der Waals surface area contributed by atoms with E-state index in [4.69, 9.17) is 4.74 Å². The summed E-state index contributed by atoms with van der Waals surface area (Å²) in [6, 6.07) is 8.22. The van der Waals surface area contributed by atoms with Gasteiger partial charge >= 0.3 is 6.18 Å². The SMILES string of the molecule is Fc1cccc(F)c1CNc1ncc(Oc2ccccc2C(F)(F)F)cn1. The number of para-hydroxylation sites is 1. The average molecular weight is 381 g/mol. The number of hydrogen-bond acceptors (Lipinski definition) is 4. The lowest BCUT2D eigenvalue weighted by Gasteiger charge is -2.13. The van der Waals surface area contributed by atoms with E-state index in [2.05, 4.69) is 15.3 Å². The van der Waals surface area contributed by atoms with Gasteiger partial charge in [-0.2, -0.15) is 13.2 Å². The van der Waals surface area contributed by atoms with Crippen LogP contribution in [0.5, 0.6) is 11.5 Å². The molecule has 0 saturated carbocycles. The molecule has 1 heterocycles. The van der Waals surface area contributed by atoms with E-state index in [9.17, 15) is 22.0 Å². The van der Waals surface area contributed by atoms with E-state index in [-0.39, 0.29) is 29.6 Å². The predicted octanol–water partition coefficient (Wildman–Crippen LogP) is 5.18. The summed E-state index contributed by atoms with van der Waals surface area (Å²) in [4.78, 5) is 7.74. The van der Waals surface area contributed by atoms with Crippen LogP contribution in [-0.2, 0) is 12.7 Å². The molecule has 0 radical (unpaired) electrons. The molecule has 0 bridgehead atoms. The van der Waals surface area contributed by atoms with Crippen molar-refractivity contribution < 1.29 is 26.7 Å². The van der Waals surface area contributed by atoms with Gasteiger partial charge in [0, 0.05) is 12.1 Å². The van der Waals surface area contributed by atoms with Gasteiger partial charge in [-0.15, -0.1) is 0 Å². The fourth-order valence-electron chi connectivity index (χ4n) is 2.25. The Kier molecular flexibility index (Phi) is 5.20. The molecule has 3 rings (SSSR count). The Balaban J connectivity index is 1.70. The molecule has 0 fully saturated rings. The second kappa shape index (κ2) is 7.56. The molecule has 27 heavy (non-hydrogen) atoms. The lowest BCUT2D eigenvalue weighted by molar-refractivity contribution is -0.138. The minimum absolute atomic E-state index is 0.0191. The van der Waals surface area contributed by atoms with E-state index < -0.39 is 23.4 Å². The van der Waals surface area contributed by atoms with Crippen LogP contribution in [-0.4, -0.2) is 9.97 Å². The van der Waals surface area contributed by atoms with Gasteiger partial charge in [0.2, 0.25) is 5.95 Å². The highest BCUT2D eigenvalue weighted by Crippen LogP contribution is 2.37. The summed E-state index contributed by atoms with van der Waals surface area (Å²) < 4.78 is 71.2. The van der Waals surface area contributed by atoms with Crippen LogP contribution in [0.25, 0.3) is 0 Å². The van der Waals surface area contributed by atoms with Gasteiger partial charge in [0.15, 0.2) is 5.75 Å². The van der Waals surface area contributed by atoms with Crippen LogP contribution in [0.1, 0.15) is 11.1 Å². The summed E-state index contributed by atoms with van der Waals surface area (Å²) in [6.07, 6.45) is -2.26. The Bertz CT molecular complexity index is 909. The number of aromatic nitrogens is 2. The molecule has 0 aliphatic carbocycles. The summed E-state index contributed by atoms with van der Waals surface area (Å²) in [6.45, 7) is -0.199. The number of anilines is 1. The van der Waals surface area contributed by atoms with Gasteiger partial charge in [-0.25, -0.2) is 18.7 Å². The molecule has 0 atom stereocenters. The standard InChI is InChI=1S/C18H12F5N3O/c19-14-5-3-6-15(20)12(14)10-26-17-24-8-11(9-25-17)27-16-7-2-1-4-13(16)18(21,22)23/h1-9H,10H2,(H,24,25,26). The molecular formula is C18H12F5N3O. The molecule has 1 N–H and O–H groups in total. The first-order valence-corrected chi connectivity index (χ1v) is 7.67. The molecule has 0 spiro atoms. The minimum Gasteiger partial charge on any atom is -0.453 e. The number of nitrogens with one attached hydrogen (secondary N) is 1. The number of rotatable bonds is 5. The molecule has 2 aromatic carbocycles. The number of benzene rings is 2. The zero-order chi connectivity index (χ0) is 19.4. The van der Waals surface area contributed by atoms with Crippen LogP contribution in [0, 0.1) is 11.6 Å². The summed E-state index contributed by atoms with van der Waals surface area (Å²) in [5.74, 6) is -1.80. The summed E-state index contributed by atoms with van der Waals surface area (Å²) >= 11 is 0. The molecule has 140 valence electrons. The average Bonchev–Trinajstić information content (AvgIpc) is 2.62. The zero-order valence-electron chi connectivity index (χ0n) is 13.6. The van der Waals surface area contributed by atoms with Gasteiger partial charge in [-0.1, -0.05) is 18.2 Å².